The van der Waals surface area contributed by atoms with Gasteiger partial charge < -0.3 is 14.8 Å². The summed E-state index contributed by atoms with van der Waals surface area (Å²) >= 11 is 6.07. The fourth-order valence-electron chi connectivity index (χ4n) is 1.41. The van der Waals surface area contributed by atoms with E-state index in [-0.39, 0.29) is 5.60 Å². The van der Waals surface area contributed by atoms with Crippen LogP contribution >= 0.6 is 11.6 Å². The molecule has 0 atom stereocenters. The highest BCUT2D eigenvalue weighted by Gasteiger charge is 2.10. The van der Waals surface area contributed by atoms with Gasteiger partial charge >= 0.3 is 0 Å². The van der Waals surface area contributed by atoms with Crippen LogP contribution in [0, 0.1) is 0 Å². The van der Waals surface area contributed by atoms with Gasteiger partial charge in [0.05, 0.1) is 22.9 Å². The van der Waals surface area contributed by atoms with Gasteiger partial charge in [0.1, 0.15) is 6.61 Å². The number of halogens is 1. The minimum absolute atomic E-state index is 0.146. The van der Waals surface area contributed by atoms with E-state index in [2.05, 4.69) is 10.3 Å². The van der Waals surface area contributed by atoms with Crippen molar-refractivity contribution >= 4 is 11.6 Å². The van der Waals surface area contributed by atoms with E-state index in [1.165, 1.54) is 0 Å². The Labute approximate surface area is 120 Å². The van der Waals surface area contributed by atoms with Crippen molar-refractivity contribution in [2.24, 2.45) is 0 Å². The molecule has 0 amide bonds. The first-order valence-corrected chi connectivity index (χ1v) is 6.93. The van der Waals surface area contributed by atoms with Gasteiger partial charge in [0, 0.05) is 12.6 Å². The number of pyridine rings is 1. The van der Waals surface area contributed by atoms with Crippen molar-refractivity contribution in [1.29, 1.82) is 0 Å². The summed E-state index contributed by atoms with van der Waals surface area (Å²) in [6.07, 6.45) is 0. The number of nitrogens with one attached hydrogen (secondary N) is 1. The second-order valence-corrected chi connectivity index (χ2v) is 5.57. The van der Waals surface area contributed by atoms with E-state index in [4.69, 9.17) is 21.1 Å². The average molecular weight is 287 g/mol. The van der Waals surface area contributed by atoms with Gasteiger partial charge in [-0.2, -0.15) is 0 Å². The summed E-state index contributed by atoms with van der Waals surface area (Å²) in [4.78, 5) is 4.37. The van der Waals surface area contributed by atoms with Crippen molar-refractivity contribution in [1.82, 2.24) is 10.3 Å². The zero-order valence-corrected chi connectivity index (χ0v) is 12.9. The summed E-state index contributed by atoms with van der Waals surface area (Å²) in [7, 11) is 0. The maximum atomic E-state index is 6.07. The Morgan fingerprint density at radius 3 is 2.63 bits per heavy atom. The lowest BCUT2D eigenvalue weighted by molar-refractivity contribution is -0.0168. The Kier molecular flexibility index (Phi) is 6.55. The molecule has 0 aromatic carbocycles. The van der Waals surface area contributed by atoms with Crippen LogP contribution in [0.2, 0.25) is 5.02 Å². The zero-order chi connectivity index (χ0) is 14.3. The Hall–Kier alpha value is -0.840. The Bertz CT molecular complexity index is 392. The molecular weight excluding hydrogens is 264 g/mol. The molecule has 0 bridgehead atoms. The SMILES string of the molecule is CCNCc1nc(OCCOC(C)(C)C)ccc1Cl. The lowest BCUT2D eigenvalue weighted by Gasteiger charge is -2.19. The first-order chi connectivity index (χ1) is 8.92. The molecule has 1 aromatic heterocycles. The van der Waals surface area contributed by atoms with Crippen LogP contribution in [0.5, 0.6) is 5.88 Å². The maximum Gasteiger partial charge on any atom is 0.213 e. The summed E-state index contributed by atoms with van der Waals surface area (Å²) in [5.41, 5.74) is 0.658. The van der Waals surface area contributed by atoms with E-state index in [0.29, 0.717) is 30.7 Å². The van der Waals surface area contributed by atoms with Crippen LogP contribution in [0.3, 0.4) is 0 Å². The predicted octanol–water partition coefficient (Wildman–Crippen LogP) is 3.04. The minimum Gasteiger partial charge on any atom is -0.475 e. The van der Waals surface area contributed by atoms with Crippen LogP contribution in [0.15, 0.2) is 12.1 Å². The molecule has 1 rings (SSSR count). The van der Waals surface area contributed by atoms with Crippen molar-refractivity contribution in [2.75, 3.05) is 19.8 Å². The molecule has 0 aliphatic carbocycles. The molecule has 0 saturated heterocycles. The number of rotatable bonds is 7. The van der Waals surface area contributed by atoms with Crippen LogP contribution in [0.1, 0.15) is 33.4 Å². The largest absolute Gasteiger partial charge is 0.475 e. The highest BCUT2D eigenvalue weighted by Crippen LogP contribution is 2.18. The fourth-order valence-corrected chi connectivity index (χ4v) is 1.58. The normalized spacial score (nSPS) is 11.6. The Morgan fingerprint density at radius 2 is 2.00 bits per heavy atom. The lowest BCUT2D eigenvalue weighted by atomic mass is 10.2. The van der Waals surface area contributed by atoms with E-state index in [1.54, 1.807) is 12.1 Å². The third kappa shape index (κ3) is 6.76. The summed E-state index contributed by atoms with van der Waals surface area (Å²) in [6.45, 7) is 10.6. The van der Waals surface area contributed by atoms with Gasteiger partial charge in [0.2, 0.25) is 5.88 Å². The number of ether oxygens (including phenoxy) is 2. The van der Waals surface area contributed by atoms with Crippen molar-refractivity contribution in [3.63, 3.8) is 0 Å². The molecule has 108 valence electrons. The molecular formula is C14H23ClN2O2. The van der Waals surface area contributed by atoms with E-state index >= 15 is 0 Å². The standard InChI is InChI=1S/C14H23ClN2O2/c1-5-16-10-12-11(15)6-7-13(17-12)18-8-9-19-14(2,3)4/h6-7,16H,5,8-10H2,1-4H3. The third-order valence-electron chi connectivity index (χ3n) is 2.30. The van der Waals surface area contributed by atoms with Crippen LogP contribution in [0.4, 0.5) is 0 Å². The van der Waals surface area contributed by atoms with E-state index in [0.717, 1.165) is 12.2 Å². The van der Waals surface area contributed by atoms with Crippen LogP contribution < -0.4 is 10.1 Å². The molecule has 0 spiro atoms. The molecule has 1 N–H and O–H groups in total. The van der Waals surface area contributed by atoms with Gasteiger partial charge in [-0.15, -0.1) is 0 Å². The zero-order valence-electron chi connectivity index (χ0n) is 12.1. The van der Waals surface area contributed by atoms with Crippen molar-refractivity contribution < 1.29 is 9.47 Å². The van der Waals surface area contributed by atoms with Crippen LogP contribution in [-0.2, 0) is 11.3 Å². The predicted molar refractivity (Wildman–Crippen MR) is 77.8 cm³/mol. The monoisotopic (exact) mass is 286 g/mol. The molecule has 5 heteroatoms. The second-order valence-electron chi connectivity index (χ2n) is 5.17. The first-order valence-electron chi connectivity index (χ1n) is 6.55. The number of hydrogen-bond acceptors (Lipinski definition) is 4. The fraction of sp³-hybridized carbons (Fsp3) is 0.643. The van der Waals surface area contributed by atoms with Crippen LogP contribution in [-0.4, -0.2) is 30.3 Å². The van der Waals surface area contributed by atoms with E-state index in [9.17, 15) is 0 Å². The Balaban J connectivity index is 2.45. The Morgan fingerprint density at radius 1 is 1.26 bits per heavy atom. The summed E-state index contributed by atoms with van der Waals surface area (Å²) in [5.74, 6) is 0.579. The maximum absolute atomic E-state index is 6.07. The third-order valence-corrected chi connectivity index (χ3v) is 2.65. The minimum atomic E-state index is -0.146. The summed E-state index contributed by atoms with van der Waals surface area (Å²) in [6, 6.07) is 3.58. The van der Waals surface area contributed by atoms with Crippen LogP contribution in [0.25, 0.3) is 0 Å². The molecule has 4 nitrogen and oxygen atoms in total. The molecule has 0 saturated carbocycles. The molecule has 1 heterocycles. The lowest BCUT2D eigenvalue weighted by Crippen LogP contribution is -2.22. The highest BCUT2D eigenvalue weighted by atomic mass is 35.5. The van der Waals surface area contributed by atoms with Crippen molar-refractivity contribution in [3.8, 4) is 5.88 Å². The summed E-state index contributed by atoms with van der Waals surface area (Å²) < 4.78 is 11.1. The first kappa shape index (κ1) is 16.2. The van der Waals surface area contributed by atoms with E-state index in [1.807, 2.05) is 27.7 Å². The van der Waals surface area contributed by atoms with Gasteiger partial charge in [0.15, 0.2) is 0 Å². The van der Waals surface area contributed by atoms with Gasteiger partial charge in [-0.05, 0) is 33.4 Å². The molecule has 19 heavy (non-hydrogen) atoms. The summed E-state index contributed by atoms with van der Waals surface area (Å²) in [5, 5.41) is 3.84. The molecule has 0 aliphatic heterocycles. The number of aromatic nitrogens is 1. The highest BCUT2D eigenvalue weighted by molar-refractivity contribution is 6.31. The van der Waals surface area contributed by atoms with Gasteiger partial charge in [-0.1, -0.05) is 18.5 Å². The molecule has 0 unspecified atom stereocenters. The average Bonchev–Trinajstić information content (AvgIpc) is 2.33. The molecule has 0 radical (unpaired) electrons. The van der Waals surface area contributed by atoms with Crippen molar-refractivity contribution in [2.45, 2.75) is 39.8 Å². The topological polar surface area (TPSA) is 43.4 Å². The smallest absolute Gasteiger partial charge is 0.213 e. The molecule has 0 aliphatic rings. The van der Waals surface area contributed by atoms with Gasteiger partial charge in [-0.3, -0.25) is 0 Å². The quantitative estimate of drug-likeness (QED) is 0.783. The van der Waals surface area contributed by atoms with Gasteiger partial charge in [0.25, 0.3) is 0 Å². The number of nitrogens with zero attached hydrogens (tertiary/aromatic N) is 1. The van der Waals surface area contributed by atoms with Gasteiger partial charge in [-0.25, -0.2) is 4.98 Å². The number of hydrogen-bond donors (Lipinski definition) is 1. The molecule has 0 fully saturated rings. The van der Waals surface area contributed by atoms with Crippen molar-refractivity contribution in [3.05, 3.63) is 22.8 Å². The second kappa shape index (κ2) is 7.68. The molecule has 1 aromatic rings. The van der Waals surface area contributed by atoms with E-state index < -0.39 is 0 Å².